The largest absolute Gasteiger partial charge is 0.352 e. The molecule has 0 aromatic carbocycles. The van der Waals surface area contributed by atoms with Crippen LogP contribution in [-0.4, -0.2) is 22.2 Å². The van der Waals surface area contributed by atoms with Gasteiger partial charge in [-0.15, -0.1) is 0 Å². The van der Waals surface area contributed by atoms with Crippen molar-refractivity contribution in [3.63, 3.8) is 0 Å². The smallest absolute Gasteiger partial charge is 0.233 e. The minimum absolute atomic E-state index is 0.0935. The van der Waals surface area contributed by atoms with E-state index in [-0.39, 0.29) is 11.2 Å². The van der Waals surface area contributed by atoms with Gasteiger partial charge >= 0.3 is 0 Å². The normalized spacial score (nSPS) is 24.7. The maximum atomic E-state index is 12.2. The van der Waals surface area contributed by atoms with E-state index in [4.69, 9.17) is 0 Å². The number of pyridine rings is 1. The van der Waals surface area contributed by atoms with Gasteiger partial charge in [0.1, 0.15) is 0 Å². The van der Waals surface area contributed by atoms with Crippen LogP contribution in [0.5, 0.6) is 0 Å². The van der Waals surface area contributed by atoms with Gasteiger partial charge in [0.15, 0.2) is 0 Å². The molecule has 1 heterocycles. The number of amides is 1. The summed E-state index contributed by atoms with van der Waals surface area (Å²) in [5.41, 5.74) is 0. The van der Waals surface area contributed by atoms with Gasteiger partial charge < -0.3 is 5.32 Å². The second kappa shape index (κ2) is 6.94. The summed E-state index contributed by atoms with van der Waals surface area (Å²) in [6.07, 6.45) is 6.64. The molecule has 1 amide bonds. The average molecular weight is 278 g/mol. The first-order chi connectivity index (χ1) is 9.16. The summed E-state index contributed by atoms with van der Waals surface area (Å²) in [4.78, 5) is 16.4. The van der Waals surface area contributed by atoms with E-state index in [0.29, 0.717) is 12.0 Å². The lowest BCUT2D eigenvalue weighted by molar-refractivity contribution is -0.121. The van der Waals surface area contributed by atoms with E-state index in [9.17, 15) is 4.79 Å². The minimum Gasteiger partial charge on any atom is -0.352 e. The second-order valence-electron chi connectivity index (χ2n) is 5.30. The highest BCUT2D eigenvalue weighted by Gasteiger charge is 2.25. The molecule has 1 fully saturated rings. The molecule has 3 nitrogen and oxygen atoms in total. The molecule has 0 bridgehead atoms. The molecule has 1 aliphatic carbocycles. The maximum Gasteiger partial charge on any atom is 0.233 e. The van der Waals surface area contributed by atoms with Crippen LogP contribution in [0.25, 0.3) is 0 Å². The highest BCUT2D eigenvalue weighted by atomic mass is 32.2. The van der Waals surface area contributed by atoms with Crippen molar-refractivity contribution in [1.29, 1.82) is 0 Å². The van der Waals surface area contributed by atoms with E-state index in [1.807, 2.05) is 25.1 Å². The van der Waals surface area contributed by atoms with E-state index in [1.54, 1.807) is 6.20 Å². The molecule has 19 heavy (non-hydrogen) atoms. The molecule has 1 aromatic heterocycles. The molecule has 3 atom stereocenters. The molecule has 0 aliphatic heterocycles. The lowest BCUT2D eigenvalue weighted by Gasteiger charge is -2.30. The van der Waals surface area contributed by atoms with E-state index in [1.165, 1.54) is 31.0 Å². The second-order valence-corrected chi connectivity index (χ2v) is 6.67. The van der Waals surface area contributed by atoms with Crippen LogP contribution < -0.4 is 5.32 Å². The Labute approximate surface area is 119 Å². The zero-order valence-corrected chi connectivity index (χ0v) is 12.5. The van der Waals surface area contributed by atoms with Gasteiger partial charge in [-0.25, -0.2) is 4.98 Å². The fourth-order valence-electron chi connectivity index (χ4n) is 2.48. The predicted molar refractivity (Wildman–Crippen MR) is 79.1 cm³/mol. The average Bonchev–Trinajstić information content (AvgIpc) is 2.42. The van der Waals surface area contributed by atoms with Gasteiger partial charge in [0.2, 0.25) is 5.91 Å². The molecule has 0 radical (unpaired) electrons. The summed E-state index contributed by atoms with van der Waals surface area (Å²) in [6, 6.07) is 6.13. The SMILES string of the molecule is CC(Sc1ccccn1)C(=O)NC1CCCCC1C. The number of hydrogen-bond donors (Lipinski definition) is 1. The van der Waals surface area contributed by atoms with Crippen molar-refractivity contribution in [2.75, 3.05) is 0 Å². The topological polar surface area (TPSA) is 42.0 Å². The molecule has 3 unspecified atom stereocenters. The Hall–Kier alpha value is -1.03. The Balaban J connectivity index is 1.85. The molecule has 104 valence electrons. The van der Waals surface area contributed by atoms with E-state index >= 15 is 0 Å². The maximum absolute atomic E-state index is 12.2. The van der Waals surface area contributed by atoms with Crippen LogP contribution >= 0.6 is 11.8 Å². The van der Waals surface area contributed by atoms with Crippen molar-refractivity contribution in [2.45, 2.75) is 55.8 Å². The third-order valence-corrected chi connectivity index (χ3v) is 4.79. The number of thioether (sulfide) groups is 1. The summed E-state index contributed by atoms with van der Waals surface area (Å²) in [6.45, 7) is 4.18. The van der Waals surface area contributed by atoms with Gasteiger partial charge in [0, 0.05) is 12.2 Å². The monoisotopic (exact) mass is 278 g/mol. The van der Waals surface area contributed by atoms with Gasteiger partial charge in [0.05, 0.1) is 10.3 Å². The summed E-state index contributed by atoms with van der Waals surface area (Å²) in [7, 11) is 0. The lowest BCUT2D eigenvalue weighted by atomic mass is 9.86. The van der Waals surface area contributed by atoms with Crippen molar-refractivity contribution >= 4 is 17.7 Å². The van der Waals surface area contributed by atoms with Crippen molar-refractivity contribution in [3.05, 3.63) is 24.4 Å². The number of nitrogens with zero attached hydrogens (tertiary/aromatic N) is 1. The third-order valence-electron chi connectivity index (χ3n) is 3.74. The number of nitrogens with one attached hydrogen (secondary N) is 1. The van der Waals surface area contributed by atoms with E-state index < -0.39 is 0 Å². The Morgan fingerprint density at radius 3 is 2.89 bits per heavy atom. The first kappa shape index (κ1) is 14.4. The zero-order valence-electron chi connectivity index (χ0n) is 11.6. The number of aromatic nitrogens is 1. The fourth-order valence-corrected chi connectivity index (χ4v) is 3.30. The number of carbonyl (C=O) groups is 1. The van der Waals surface area contributed by atoms with Gasteiger partial charge in [-0.05, 0) is 37.8 Å². The Kier molecular flexibility index (Phi) is 5.25. The molecular weight excluding hydrogens is 256 g/mol. The molecule has 0 spiro atoms. The molecule has 2 rings (SSSR count). The standard InChI is InChI=1S/C15H22N2OS/c1-11-7-3-4-8-13(11)17-15(18)12(2)19-14-9-5-6-10-16-14/h5-6,9-13H,3-4,7-8H2,1-2H3,(H,17,18). The van der Waals surface area contributed by atoms with Gasteiger partial charge in [-0.2, -0.15) is 0 Å². The number of rotatable bonds is 4. The molecule has 0 saturated heterocycles. The van der Waals surface area contributed by atoms with Gasteiger partial charge in [0.25, 0.3) is 0 Å². The molecular formula is C15H22N2OS. The van der Waals surface area contributed by atoms with Crippen LogP contribution in [0.3, 0.4) is 0 Å². The Morgan fingerprint density at radius 2 is 2.21 bits per heavy atom. The molecule has 4 heteroatoms. The van der Waals surface area contributed by atoms with Crippen LogP contribution in [0.15, 0.2) is 29.4 Å². The van der Waals surface area contributed by atoms with Crippen molar-refractivity contribution in [1.82, 2.24) is 10.3 Å². The van der Waals surface area contributed by atoms with Gasteiger partial charge in [-0.1, -0.05) is 37.6 Å². The highest BCUT2D eigenvalue weighted by Crippen LogP contribution is 2.25. The summed E-state index contributed by atoms with van der Waals surface area (Å²) < 4.78 is 0. The van der Waals surface area contributed by atoms with Crippen molar-refractivity contribution in [3.8, 4) is 0 Å². The Bertz CT molecular complexity index is 410. The zero-order chi connectivity index (χ0) is 13.7. The van der Waals surface area contributed by atoms with Crippen LogP contribution in [0.2, 0.25) is 0 Å². The third kappa shape index (κ3) is 4.23. The first-order valence-electron chi connectivity index (χ1n) is 7.05. The Morgan fingerprint density at radius 1 is 1.42 bits per heavy atom. The van der Waals surface area contributed by atoms with Crippen molar-refractivity contribution in [2.24, 2.45) is 5.92 Å². The molecule has 1 aliphatic rings. The minimum atomic E-state index is -0.0935. The van der Waals surface area contributed by atoms with Crippen LogP contribution in [0.1, 0.15) is 39.5 Å². The molecule has 1 aromatic rings. The van der Waals surface area contributed by atoms with Crippen LogP contribution in [0, 0.1) is 5.92 Å². The molecule has 1 N–H and O–H groups in total. The van der Waals surface area contributed by atoms with E-state index in [0.717, 1.165) is 11.4 Å². The quantitative estimate of drug-likeness (QED) is 0.860. The number of hydrogen-bond acceptors (Lipinski definition) is 3. The van der Waals surface area contributed by atoms with Gasteiger partial charge in [-0.3, -0.25) is 4.79 Å². The molecule has 1 saturated carbocycles. The van der Waals surface area contributed by atoms with Crippen LogP contribution in [0.4, 0.5) is 0 Å². The number of carbonyl (C=O) groups excluding carboxylic acids is 1. The lowest BCUT2D eigenvalue weighted by Crippen LogP contribution is -2.44. The summed E-state index contributed by atoms with van der Waals surface area (Å²) in [5, 5.41) is 4.01. The fraction of sp³-hybridized carbons (Fsp3) is 0.600. The van der Waals surface area contributed by atoms with Crippen molar-refractivity contribution < 1.29 is 4.79 Å². The summed E-state index contributed by atoms with van der Waals surface area (Å²) >= 11 is 1.52. The first-order valence-corrected chi connectivity index (χ1v) is 7.93. The summed E-state index contributed by atoms with van der Waals surface area (Å²) in [5.74, 6) is 0.735. The highest BCUT2D eigenvalue weighted by molar-refractivity contribution is 8.00. The predicted octanol–water partition coefficient (Wildman–Crippen LogP) is 3.26. The van der Waals surface area contributed by atoms with E-state index in [2.05, 4.69) is 17.2 Å². The van der Waals surface area contributed by atoms with Crippen LogP contribution in [-0.2, 0) is 4.79 Å².